The van der Waals surface area contributed by atoms with Gasteiger partial charge in [-0.1, -0.05) is 24.3 Å². The van der Waals surface area contributed by atoms with E-state index in [1.807, 2.05) is 19.0 Å². The Morgan fingerprint density at radius 2 is 2.08 bits per heavy atom. The molecule has 0 atom stereocenters. The first kappa shape index (κ1) is 20.2. The fourth-order valence-electron chi connectivity index (χ4n) is 2.87. The third kappa shape index (κ3) is 4.96. The number of aromatic nitrogens is 3. The van der Waals surface area contributed by atoms with E-state index in [4.69, 9.17) is 0 Å². The molecule has 0 saturated heterocycles. The van der Waals surface area contributed by atoms with Crippen molar-refractivity contribution in [2.75, 3.05) is 32.1 Å². The van der Waals surface area contributed by atoms with E-state index in [0.29, 0.717) is 6.54 Å². The number of anilines is 1. The Morgan fingerprint density at radius 3 is 2.73 bits per heavy atom. The maximum atomic E-state index is 4.37. The second kappa shape index (κ2) is 9.56. The van der Waals surface area contributed by atoms with E-state index in [0.717, 1.165) is 31.4 Å². The van der Waals surface area contributed by atoms with Crippen LogP contribution in [-0.2, 0) is 20.1 Å². The minimum atomic E-state index is 0. The van der Waals surface area contributed by atoms with Crippen LogP contribution in [0.15, 0.2) is 47.7 Å². The van der Waals surface area contributed by atoms with Gasteiger partial charge in [-0.05, 0) is 17.7 Å². The van der Waals surface area contributed by atoms with Gasteiger partial charge in [-0.3, -0.25) is 9.67 Å². The van der Waals surface area contributed by atoms with Crippen LogP contribution in [0.5, 0.6) is 0 Å². The summed E-state index contributed by atoms with van der Waals surface area (Å²) in [6, 6.07) is 8.63. The zero-order valence-corrected chi connectivity index (χ0v) is 17.8. The van der Waals surface area contributed by atoms with Gasteiger partial charge in [0.05, 0.1) is 6.54 Å². The maximum absolute atomic E-state index is 4.37. The largest absolute Gasteiger partial charge is 0.364 e. The smallest absolute Gasteiger partial charge is 0.194 e. The van der Waals surface area contributed by atoms with Gasteiger partial charge in [0.1, 0.15) is 12.2 Å². The van der Waals surface area contributed by atoms with E-state index in [2.05, 4.69) is 61.7 Å². The molecule has 0 aliphatic carbocycles. The number of nitrogens with zero attached hydrogens (tertiary/aromatic N) is 6. The number of aliphatic imine (C=N–C) groups is 1. The number of guanidine groups is 1. The minimum absolute atomic E-state index is 0. The van der Waals surface area contributed by atoms with Gasteiger partial charge in [-0.2, -0.15) is 5.10 Å². The number of hydrogen-bond acceptors (Lipinski definition) is 4. The Morgan fingerprint density at radius 1 is 1.31 bits per heavy atom. The van der Waals surface area contributed by atoms with Gasteiger partial charge in [0.25, 0.3) is 0 Å². The molecular formula is C18H26IN7. The summed E-state index contributed by atoms with van der Waals surface area (Å²) in [5, 5.41) is 7.52. The van der Waals surface area contributed by atoms with Crippen LogP contribution in [-0.4, -0.2) is 52.8 Å². The average Bonchev–Trinajstić information content (AvgIpc) is 3.28. The highest BCUT2D eigenvalue weighted by atomic mass is 127. The number of aryl methyl sites for hydroxylation is 1. The van der Waals surface area contributed by atoms with Crippen molar-refractivity contribution in [1.82, 2.24) is 25.0 Å². The first-order chi connectivity index (χ1) is 12.2. The quantitative estimate of drug-likeness (QED) is 0.316. The highest BCUT2D eigenvalue weighted by Gasteiger charge is 2.11. The molecule has 2 heterocycles. The summed E-state index contributed by atoms with van der Waals surface area (Å²) < 4.78 is 1.78. The molecule has 1 aliphatic heterocycles. The van der Waals surface area contributed by atoms with Gasteiger partial charge in [0, 0.05) is 46.5 Å². The van der Waals surface area contributed by atoms with Crippen molar-refractivity contribution in [3.8, 4) is 0 Å². The molecule has 1 aromatic heterocycles. The van der Waals surface area contributed by atoms with E-state index in [1.54, 1.807) is 18.1 Å². The minimum Gasteiger partial charge on any atom is -0.364 e. The molecule has 8 heteroatoms. The molecule has 26 heavy (non-hydrogen) atoms. The van der Waals surface area contributed by atoms with E-state index < -0.39 is 0 Å². The molecule has 0 amide bonds. The summed E-state index contributed by atoms with van der Waals surface area (Å²) in [7, 11) is 5.68. The second-order valence-corrected chi connectivity index (χ2v) is 6.10. The predicted octanol–water partition coefficient (Wildman–Crippen LogP) is 2.02. The molecule has 1 N–H and O–H groups in total. The first-order valence-corrected chi connectivity index (χ1v) is 8.41. The predicted molar refractivity (Wildman–Crippen MR) is 116 cm³/mol. The van der Waals surface area contributed by atoms with Crippen molar-refractivity contribution in [1.29, 1.82) is 0 Å². The number of halogens is 1. The van der Waals surface area contributed by atoms with E-state index >= 15 is 0 Å². The van der Waals surface area contributed by atoms with E-state index in [-0.39, 0.29) is 24.0 Å². The number of hydrogen-bond donors (Lipinski definition) is 1. The average molecular weight is 467 g/mol. The lowest BCUT2D eigenvalue weighted by Crippen LogP contribution is -2.38. The first-order valence-electron chi connectivity index (χ1n) is 8.41. The number of nitrogens with one attached hydrogen (secondary N) is 1. The standard InChI is InChI=1S/C18H25N7.HI/c1-19-18(23(2)13-17-21-14-22-24(17)3)20-12-15-7-6-8-16(11-15)25-9-4-5-10-25;/h4-8,11,14H,9-10,12-13H2,1-3H3,(H,19,20);1H. The van der Waals surface area contributed by atoms with Gasteiger partial charge in [0.2, 0.25) is 0 Å². The SMILES string of the molecule is CN=C(NCc1cccc(N2CC=CC2)c1)N(C)Cc1ncnn1C.I. The van der Waals surface area contributed by atoms with Crippen LogP contribution in [0.4, 0.5) is 5.69 Å². The molecule has 0 fully saturated rings. The second-order valence-electron chi connectivity index (χ2n) is 6.10. The van der Waals surface area contributed by atoms with Crippen molar-refractivity contribution < 1.29 is 0 Å². The van der Waals surface area contributed by atoms with Gasteiger partial charge in [-0.25, -0.2) is 4.98 Å². The van der Waals surface area contributed by atoms with Gasteiger partial charge < -0.3 is 15.1 Å². The fraction of sp³-hybridized carbons (Fsp3) is 0.389. The third-order valence-corrected chi connectivity index (χ3v) is 4.30. The van der Waals surface area contributed by atoms with Crippen molar-refractivity contribution in [2.24, 2.45) is 12.0 Å². The molecule has 0 saturated carbocycles. The molecule has 0 unspecified atom stereocenters. The Kier molecular flexibility index (Phi) is 7.43. The van der Waals surface area contributed by atoms with Crippen molar-refractivity contribution in [2.45, 2.75) is 13.1 Å². The highest BCUT2D eigenvalue weighted by Crippen LogP contribution is 2.18. The zero-order valence-electron chi connectivity index (χ0n) is 15.5. The van der Waals surface area contributed by atoms with Crippen LogP contribution in [0, 0.1) is 0 Å². The van der Waals surface area contributed by atoms with Crippen molar-refractivity contribution in [3.63, 3.8) is 0 Å². The van der Waals surface area contributed by atoms with Gasteiger partial charge >= 0.3 is 0 Å². The zero-order chi connectivity index (χ0) is 17.6. The molecule has 0 radical (unpaired) electrons. The maximum Gasteiger partial charge on any atom is 0.194 e. The van der Waals surface area contributed by atoms with E-state index in [9.17, 15) is 0 Å². The van der Waals surface area contributed by atoms with Crippen LogP contribution in [0.1, 0.15) is 11.4 Å². The fourth-order valence-corrected chi connectivity index (χ4v) is 2.87. The molecule has 0 bridgehead atoms. The Bertz CT molecular complexity index is 760. The Balaban J connectivity index is 0.00000243. The lowest BCUT2D eigenvalue weighted by molar-refractivity contribution is 0.448. The molecule has 7 nitrogen and oxygen atoms in total. The summed E-state index contributed by atoms with van der Waals surface area (Å²) in [6.07, 6.45) is 5.97. The molecule has 0 spiro atoms. The summed E-state index contributed by atoms with van der Waals surface area (Å²) >= 11 is 0. The molecule has 140 valence electrons. The van der Waals surface area contributed by atoms with Crippen LogP contribution < -0.4 is 10.2 Å². The van der Waals surface area contributed by atoms with Crippen LogP contribution in [0.25, 0.3) is 0 Å². The third-order valence-electron chi connectivity index (χ3n) is 4.30. The van der Waals surface area contributed by atoms with Gasteiger partial charge in [0.15, 0.2) is 5.96 Å². The monoisotopic (exact) mass is 467 g/mol. The molecule has 3 rings (SSSR count). The summed E-state index contributed by atoms with van der Waals surface area (Å²) in [5.74, 6) is 1.73. The topological polar surface area (TPSA) is 61.6 Å². The van der Waals surface area contributed by atoms with Gasteiger partial charge in [-0.15, -0.1) is 24.0 Å². The van der Waals surface area contributed by atoms with E-state index in [1.165, 1.54) is 11.3 Å². The Labute approximate surface area is 171 Å². The normalized spacial score (nSPS) is 13.7. The molecular weight excluding hydrogens is 441 g/mol. The number of rotatable bonds is 5. The lowest BCUT2D eigenvalue weighted by Gasteiger charge is -2.22. The molecule has 2 aromatic rings. The van der Waals surface area contributed by atoms with Crippen molar-refractivity contribution in [3.05, 3.63) is 54.1 Å². The van der Waals surface area contributed by atoms with Crippen LogP contribution in [0.2, 0.25) is 0 Å². The summed E-state index contributed by atoms with van der Waals surface area (Å²) in [4.78, 5) is 13.0. The summed E-state index contributed by atoms with van der Waals surface area (Å²) in [6.45, 7) is 3.35. The molecule has 1 aliphatic rings. The molecule has 1 aromatic carbocycles. The van der Waals surface area contributed by atoms with Crippen LogP contribution in [0.3, 0.4) is 0 Å². The van der Waals surface area contributed by atoms with Crippen LogP contribution >= 0.6 is 24.0 Å². The Hall–Kier alpha value is -2.10. The lowest BCUT2D eigenvalue weighted by atomic mass is 10.2. The number of benzene rings is 1. The highest BCUT2D eigenvalue weighted by molar-refractivity contribution is 14.0. The van der Waals surface area contributed by atoms with Crippen molar-refractivity contribution >= 4 is 35.6 Å². The summed E-state index contributed by atoms with van der Waals surface area (Å²) in [5.41, 5.74) is 2.49.